The Hall–Kier alpha value is -1.82. The SMILES string of the molecule is CC1CCC/C1=N\Nc1nc(-c2ccc(F)cc2F)cs1. The Kier molecular flexibility index (Phi) is 3.96. The number of nitrogens with zero attached hydrogens (tertiary/aromatic N) is 2. The molecule has 1 aromatic heterocycles. The highest BCUT2D eigenvalue weighted by molar-refractivity contribution is 7.14. The molecule has 1 saturated carbocycles. The topological polar surface area (TPSA) is 37.3 Å². The second-order valence-electron chi connectivity index (χ2n) is 5.17. The van der Waals surface area contributed by atoms with Crippen molar-refractivity contribution in [2.45, 2.75) is 26.2 Å². The fraction of sp³-hybridized carbons (Fsp3) is 0.333. The van der Waals surface area contributed by atoms with Crippen molar-refractivity contribution in [3.8, 4) is 11.3 Å². The lowest BCUT2D eigenvalue weighted by Gasteiger charge is -2.03. The number of halogens is 2. The van der Waals surface area contributed by atoms with Crippen LogP contribution in [0.2, 0.25) is 0 Å². The quantitative estimate of drug-likeness (QED) is 0.836. The van der Waals surface area contributed by atoms with Crippen molar-refractivity contribution in [1.29, 1.82) is 0 Å². The molecule has 1 atom stereocenters. The average molecular weight is 307 g/mol. The Labute approximate surface area is 125 Å². The minimum absolute atomic E-state index is 0.294. The number of aromatic nitrogens is 1. The van der Waals surface area contributed by atoms with Gasteiger partial charge in [-0.25, -0.2) is 13.8 Å². The molecule has 1 aliphatic rings. The van der Waals surface area contributed by atoms with Crippen LogP contribution in [0.1, 0.15) is 26.2 Å². The first-order valence-corrected chi connectivity index (χ1v) is 7.75. The van der Waals surface area contributed by atoms with Crippen LogP contribution in [0.25, 0.3) is 11.3 Å². The van der Waals surface area contributed by atoms with Gasteiger partial charge in [0.25, 0.3) is 0 Å². The van der Waals surface area contributed by atoms with Crippen molar-refractivity contribution < 1.29 is 8.78 Å². The third-order valence-corrected chi connectivity index (χ3v) is 4.39. The standard InChI is InChI=1S/C15H15F2N3S/c1-9-3-2-4-13(9)19-20-15-18-14(8-21-15)11-6-5-10(16)7-12(11)17/h5-9H,2-4H2,1H3,(H,18,20)/b19-13+. The molecule has 0 bridgehead atoms. The molecule has 6 heteroatoms. The molecule has 0 amide bonds. The van der Waals surface area contributed by atoms with Gasteiger partial charge in [-0.15, -0.1) is 11.3 Å². The molecule has 1 aliphatic carbocycles. The maximum atomic E-state index is 13.7. The van der Waals surface area contributed by atoms with Crippen molar-refractivity contribution >= 4 is 22.2 Å². The van der Waals surface area contributed by atoms with Gasteiger partial charge in [0.05, 0.1) is 5.69 Å². The van der Waals surface area contributed by atoms with Crippen LogP contribution in [-0.4, -0.2) is 10.7 Å². The molecule has 0 radical (unpaired) electrons. The summed E-state index contributed by atoms with van der Waals surface area (Å²) in [5.41, 5.74) is 4.87. The van der Waals surface area contributed by atoms with Gasteiger partial charge in [-0.05, 0) is 37.3 Å². The third kappa shape index (κ3) is 3.10. The maximum Gasteiger partial charge on any atom is 0.203 e. The Morgan fingerprint density at radius 2 is 2.24 bits per heavy atom. The summed E-state index contributed by atoms with van der Waals surface area (Å²) in [5, 5.41) is 6.72. The van der Waals surface area contributed by atoms with Crippen molar-refractivity contribution in [3.63, 3.8) is 0 Å². The van der Waals surface area contributed by atoms with Crippen LogP contribution < -0.4 is 5.43 Å². The monoisotopic (exact) mass is 307 g/mol. The molecule has 0 saturated heterocycles. The van der Waals surface area contributed by atoms with Crippen LogP contribution in [0.5, 0.6) is 0 Å². The van der Waals surface area contributed by atoms with E-state index >= 15 is 0 Å². The molecule has 1 N–H and O–H groups in total. The Balaban J connectivity index is 1.77. The Morgan fingerprint density at radius 1 is 1.38 bits per heavy atom. The van der Waals surface area contributed by atoms with Crippen LogP contribution in [0.4, 0.5) is 13.9 Å². The second kappa shape index (κ2) is 5.89. The zero-order chi connectivity index (χ0) is 14.8. The molecule has 3 rings (SSSR count). The number of hydrogen-bond donors (Lipinski definition) is 1. The van der Waals surface area contributed by atoms with Gasteiger partial charge in [0.1, 0.15) is 11.6 Å². The lowest BCUT2D eigenvalue weighted by atomic mass is 10.1. The van der Waals surface area contributed by atoms with Gasteiger partial charge >= 0.3 is 0 Å². The molecule has 0 spiro atoms. The van der Waals surface area contributed by atoms with E-state index in [9.17, 15) is 8.78 Å². The number of nitrogens with one attached hydrogen (secondary N) is 1. The molecule has 1 heterocycles. The molecule has 1 unspecified atom stereocenters. The van der Waals surface area contributed by atoms with Crippen molar-refractivity contribution in [2.75, 3.05) is 5.43 Å². The summed E-state index contributed by atoms with van der Waals surface area (Å²) >= 11 is 1.35. The number of rotatable bonds is 3. The summed E-state index contributed by atoms with van der Waals surface area (Å²) < 4.78 is 26.6. The predicted molar refractivity (Wildman–Crippen MR) is 81.5 cm³/mol. The van der Waals surface area contributed by atoms with Gasteiger partial charge in [-0.3, -0.25) is 5.43 Å². The largest absolute Gasteiger partial charge is 0.253 e. The molecule has 1 fully saturated rings. The van der Waals surface area contributed by atoms with Crippen LogP contribution >= 0.6 is 11.3 Å². The summed E-state index contributed by atoms with van der Waals surface area (Å²) in [6.07, 6.45) is 3.36. The minimum atomic E-state index is -0.609. The molecule has 21 heavy (non-hydrogen) atoms. The minimum Gasteiger partial charge on any atom is -0.253 e. The first-order valence-electron chi connectivity index (χ1n) is 6.87. The fourth-order valence-corrected chi connectivity index (χ4v) is 3.09. The van der Waals surface area contributed by atoms with E-state index < -0.39 is 11.6 Å². The number of thiazole rings is 1. The molecule has 2 aromatic rings. The lowest BCUT2D eigenvalue weighted by molar-refractivity contribution is 0.585. The van der Waals surface area contributed by atoms with Crippen LogP contribution in [-0.2, 0) is 0 Å². The Bertz CT molecular complexity index is 681. The summed E-state index contributed by atoms with van der Waals surface area (Å²) in [6, 6.07) is 3.49. The molecule has 0 aliphatic heterocycles. The van der Waals surface area contributed by atoms with E-state index in [1.165, 1.54) is 36.3 Å². The van der Waals surface area contributed by atoms with E-state index in [1.54, 1.807) is 5.38 Å². The molecule has 1 aromatic carbocycles. The summed E-state index contributed by atoms with van der Waals surface area (Å²) in [5.74, 6) is -0.694. The zero-order valence-corrected chi connectivity index (χ0v) is 12.4. The van der Waals surface area contributed by atoms with Gasteiger partial charge < -0.3 is 0 Å². The van der Waals surface area contributed by atoms with Gasteiger partial charge in [0.15, 0.2) is 0 Å². The van der Waals surface area contributed by atoms with Crippen LogP contribution in [0.3, 0.4) is 0 Å². The Morgan fingerprint density at radius 3 is 2.95 bits per heavy atom. The second-order valence-corrected chi connectivity index (χ2v) is 6.03. The zero-order valence-electron chi connectivity index (χ0n) is 11.6. The number of benzene rings is 1. The van der Waals surface area contributed by atoms with E-state index in [0.29, 0.717) is 22.3 Å². The molecular formula is C15H15F2N3S. The normalized spacial score (nSPS) is 20.1. The molecule has 110 valence electrons. The average Bonchev–Trinajstić information content (AvgIpc) is 3.05. The summed E-state index contributed by atoms with van der Waals surface area (Å²) in [4.78, 5) is 4.29. The van der Waals surface area contributed by atoms with E-state index in [2.05, 4.69) is 22.4 Å². The fourth-order valence-electron chi connectivity index (χ4n) is 2.43. The van der Waals surface area contributed by atoms with Crippen LogP contribution in [0.15, 0.2) is 28.7 Å². The summed E-state index contributed by atoms with van der Waals surface area (Å²) in [7, 11) is 0. The van der Waals surface area contributed by atoms with E-state index in [1.807, 2.05) is 0 Å². The maximum absolute atomic E-state index is 13.7. The first kappa shape index (κ1) is 14.1. The van der Waals surface area contributed by atoms with Gasteiger partial charge in [-0.1, -0.05) is 6.92 Å². The third-order valence-electron chi connectivity index (χ3n) is 3.65. The molecule has 3 nitrogen and oxygen atoms in total. The first-order chi connectivity index (χ1) is 10.1. The van der Waals surface area contributed by atoms with Gasteiger partial charge in [-0.2, -0.15) is 5.10 Å². The highest BCUT2D eigenvalue weighted by atomic mass is 32.1. The van der Waals surface area contributed by atoms with Crippen LogP contribution in [0, 0.1) is 17.6 Å². The smallest absolute Gasteiger partial charge is 0.203 e. The highest BCUT2D eigenvalue weighted by Crippen LogP contribution is 2.28. The number of hydrogen-bond acceptors (Lipinski definition) is 4. The van der Waals surface area contributed by atoms with Gasteiger partial charge in [0.2, 0.25) is 5.13 Å². The lowest BCUT2D eigenvalue weighted by Crippen LogP contribution is -2.04. The highest BCUT2D eigenvalue weighted by Gasteiger charge is 2.18. The van der Waals surface area contributed by atoms with E-state index in [-0.39, 0.29) is 0 Å². The van der Waals surface area contributed by atoms with Gasteiger partial charge in [0, 0.05) is 22.7 Å². The van der Waals surface area contributed by atoms with E-state index in [4.69, 9.17) is 0 Å². The van der Waals surface area contributed by atoms with Crippen molar-refractivity contribution in [1.82, 2.24) is 4.98 Å². The predicted octanol–water partition coefficient (Wildman–Crippen LogP) is 4.68. The summed E-state index contributed by atoms with van der Waals surface area (Å²) in [6.45, 7) is 2.16. The van der Waals surface area contributed by atoms with Crippen molar-refractivity contribution in [3.05, 3.63) is 35.2 Å². The number of anilines is 1. The molecular weight excluding hydrogens is 292 g/mol. The van der Waals surface area contributed by atoms with Crippen molar-refractivity contribution in [2.24, 2.45) is 11.0 Å². The van der Waals surface area contributed by atoms with E-state index in [0.717, 1.165) is 18.2 Å². The number of hydrazone groups is 1.